The molecule has 0 radical (unpaired) electrons. The van der Waals surface area contributed by atoms with Crippen LogP contribution in [0.15, 0.2) is 24.3 Å². The van der Waals surface area contributed by atoms with Gasteiger partial charge in [0.05, 0.1) is 13.7 Å². The summed E-state index contributed by atoms with van der Waals surface area (Å²) in [4.78, 5) is 15.2. The summed E-state index contributed by atoms with van der Waals surface area (Å²) >= 11 is 0. The molecule has 1 amide bonds. The zero-order chi connectivity index (χ0) is 21.8. The molecule has 2 aromatic rings. The summed E-state index contributed by atoms with van der Waals surface area (Å²) in [7, 11) is 1.70. The lowest BCUT2D eigenvalue weighted by atomic mass is 9.78. The van der Waals surface area contributed by atoms with E-state index in [1.54, 1.807) is 7.11 Å². The number of carbonyl (C=O) groups is 1. The highest BCUT2D eigenvalue weighted by atomic mass is 16.5. The van der Waals surface area contributed by atoms with Gasteiger partial charge in [0.1, 0.15) is 12.4 Å². The number of fused-ring (bicyclic) bond motifs is 1. The minimum Gasteiger partial charge on any atom is -0.497 e. The Balaban J connectivity index is 1.43. The fourth-order valence-electron chi connectivity index (χ4n) is 4.42. The highest BCUT2D eigenvalue weighted by Gasteiger charge is 2.39. The van der Waals surface area contributed by atoms with E-state index in [4.69, 9.17) is 9.47 Å². The van der Waals surface area contributed by atoms with Crippen LogP contribution in [0.25, 0.3) is 0 Å². The molecule has 31 heavy (non-hydrogen) atoms. The Morgan fingerprint density at radius 1 is 1.32 bits per heavy atom. The van der Waals surface area contributed by atoms with Crippen molar-refractivity contribution < 1.29 is 14.3 Å². The predicted molar refractivity (Wildman–Crippen MR) is 117 cm³/mol. The van der Waals surface area contributed by atoms with Crippen LogP contribution in [-0.4, -0.2) is 58.4 Å². The fraction of sp³-hybridized carbons (Fsp3) is 0.609. The molecule has 1 unspecified atom stereocenters. The number of hydrogen-bond acceptors (Lipinski definition) is 6. The van der Waals surface area contributed by atoms with Gasteiger partial charge in [-0.15, -0.1) is 10.2 Å². The SMILES string of the molecule is CCC(C)NC(=O)c1nnc2n1CC1(CCN(Cc3cccc(OC)c3)CC1)COC2. The number of rotatable bonds is 6. The Labute approximate surface area is 183 Å². The fourth-order valence-corrected chi connectivity index (χ4v) is 4.42. The maximum atomic E-state index is 12.7. The van der Waals surface area contributed by atoms with Gasteiger partial charge in [-0.25, -0.2) is 0 Å². The van der Waals surface area contributed by atoms with Gasteiger partial charge in [-0.1, -0.05) is 19.1 Å². The molecule has 0 bridgehead atoms. The second kappa shape index (κ2) is 9.36. The van der Waals surface area contributed by atoms with Crippen molar-refractivity contribution in [3.8, 4) is 5.75 Å². The molecule has 1 aromatic heterocycles. The van der Waals surface area contributed by atoms with Crippen molar-refractivity contribution in [1.82, 2.24) is 25.0 Å². The number of carbonyl (C=O) groups excluding carboxylic acids is 1. The van der Waals surface area contributed by atoms with Crippen LogP contribution in [-0.2, 0) is 24.4 Å². The van der Waals surface area contributed by atoms with Crippen molar-refractivity contribution in [3.63, 3.8) is 0 Å². The molecule has 2 aliphatic rings. The van der Waals surface area contributed by atoms with E-state index in [0.717, 1.165) is 57.0 Å². The molecule has 1 fully saturated rings. The number of nitrogens with zero attached hydrogens (tertiary/aromatic N) is 4. The number of piperidine rings is 1. The summed E-state index contributed by atoms with van der Waals surface area (Å²) in [5.74, 6) is 1.89. The van der Waals surface area contributed by atoms with Crippen LogP contribution in [0.1, 0.15) is 55.1 Å². The van der Waals surface area contributed by atoms with Crippen LogP contribution in [0, 0.1) is 5.41 Å². The minimum atomic E-state index is -0.152. The van der Waals surface area contributed by atoms with Crippen LogP contribution in [0.4, 0.5) is 0 Å². The summed E-state index contributed by atoms with van der Waals surface area (Å²) in [6.45, 7) is 8.77. The van der Waals surface area contributed by atoms with Crippen LogP contribution >= 0.6 is 0 Å². The Kier molecular flexibility index (Phi) is 6.57. The first-order valence-electron chi connectivity index (χ1n) is 11.2. The van der Waals surface area contributed by atoms with E-state index in [0.29, 0.717) is 19.0 Å². The second-order valence-corrected chi connectivity index (χ2v) is 8.93. The lowest BCUT2D eigenvalue weighted by Gasteiger charge is -2.41. The molecule has 8 heteroatoms. The van der Waals surface area contributed by atoms with Crippen molar-refractivity contribution in [2.24, 2.45) is 5.41 Å². The molecule has 1 atom stereocenters. The topological polar surface area (TPSA) is 81.5 Å². The summed E-state index contributed by atoms with van der Waals surface area (Å²) in [6, 6.07) is 8.37. The van der Waals surface area contributed by atoms with Gasteiger partial charge < -0.3 is 19.4 Å². The maximum Gasteiger partial charge on any atom is 0.289 e. The molecular formula is C23H33N5O3. The number of nitrogens with one attached hydrogen (secondary N) is 1. The zero-order valence-corrected chi connectivity index (χ0v) is 18.8. The zero-order valence-electron chi connectivity index (χ0n) is 18.8. The number of methoxy groups -OCH3 is 1. The van der Waals surface area contributed by atoms with Gasteiger partial charge in [0.2, 0.25) is 5.82 Å². The Hall–Kier alpha value is -2.45. The van der Waals surface area contributed by atoms with E-state index in [9.17, 15) is 4.79 Å². The third kappa shape index (κ3) is 4.91. The standard InChI is InChI=1S/C23H33N5O3/c1-4-17(2)24-22(29)21-26-25-20-14-31-16-23(15-28(20)21)8-10-27(11-9-23)13-18-6-5-7-19(12-18)30-3/h5-7,12,17H,4,8-11,13-16H2,1-3H3,(H,24,29). The smallest absolute Gasteiger partial charge is 0.289 e. The Bertz CT molecular complexity index is 904. The van der Waals surface area contributed by atoms with Gasteiger partial charge in [-0.2, -0.15) is 0 Å². The number of hydrogen-bond donors (Lipinski definition) is 1. The van der Waals surface area contributed by atoms with Gasteiger partial charge in [-0.3, -0.25) is 9.69 Å². The molecule has 0 aliphatic carbocycles. The predicted octanol–water partition coefficient (Wildman–Crippen LogP) is 2.63. The maximum absolute atomic E-state index is 12.7. The highest BCUT2D eigenvalue weighted by Crippen LogP contribution is 2.37. The van der Waals surface area contributed by atoms with E-state index in [2.05, 4.69) is 39.5 Å². The van der Waals surface area contributed by atoms with E-state index < -0.39 is 0 Å². The molecule has 3 heterocycles. The quantitative estimate of drug-likeness (QED) is 0.763. The van der Waals surface area contributed by atoms with Crippen molar-refractivity contribution in [1.29, 1.82) is 0 Å². The van der Waals surface area contributed by atoms with Crippen LogP contribution in [0.2, 0.25) is 0 Å². The molecule has 8 nitrogen and oxygen atoms in total. The Morgan fingerprint density at radius 3 is 2.87 bits per heavy atom. The first kappa shape index (κ1) is 21.8. The molecule has 0 saturated carbocycles. The normalized spacial score (nSPS) is 19.5. The average molecular weight is 428 g/mol. The van der Waals surface area contributed by atoms with Crippen molar-refractivity contribution in [3.05, 3.63) is 41.5 Å². The van der Waals surface area contributed by atoms with Gasteiger partial charge in [0.25, 0.3) is 5.91 Å². The van der Waals surface area contributed by atoms with Gasteiger partial charge in [0.15, 0.2) is 5.82 Å². The summed E-state index contributed by atoms with van der Waals surface area (Å²) in [6.07, 6.45) is 2.91. The van der Waals surface area contributed by atoms with Crippen LogP contribution < -0.4 is 10.1 Å². The number of aromatic nitrogens is 3. The van der Waals surface area contributed by atoms with E-state index >= 15 is 0 Å². The van der Waals surface area contributed by atoms with Gasteiger partial charge in [-0.05, 0) is 57.0 Å². The van der Waals surface area contributed by atoms with E-state index in [1.807, 2.05) is 23.6 Å². The van der Waals surface area contributed by atoms with Gasteiger partial charge >= 0.3 is 0 Å². The average Bonchev–Trinajstić information content (AvgIpc) is 3.09. The van der Waals surface area contributed by atoms with Crippen LogP contribution in [0.5, 0.6) is 5.75 Å². The second-order valence-electron chi connectivity index (χ2n) is 8.93. The number of ether oxygens (including phenoxy) is 2. The first-order chi connectivity index (χ1) is 15.0. The molecule has 2 aliphatic heterocycles. The third-order valence-corrected chi connectivity index (χ3v) is 6.61. The molecule has 1 aromatic carbocycles. The monoisotopic (exact) mass is 427 g/mol. The molecule has 1 saturated heterocycles. The summed E-state index contributed by atoms with van der Waals surface area (Å²) < 4.78 is 13.3. The highest BCUT2D eigenvalue weighted by molar-refractivity contribution is 5.90. The molecule has 1 N–H and O–H groups in total. The lowest BCUT2D eigenvalue weighted by molar-refractivity contribution is -0.00571. The molecule has 4 rings (SSSR count). The number of benzene rings is 1. The van der Waals surface area contributed by atoms with E-state index in [-0.39, 0.29) is 17.4 Å². The molecule has 168 valence electrons. The first-order valence-corrected chi connectivity index (χ1v) is 11.2. The summed E-state index contributed by atoms with van der Waals surface area (Å²) in [5, 5.41) is 11.4. The Morgan fingerprint density at radius 2 is 2.13 bits per heavy atom. The van der Waals surface area contributed by atoms with Crippen LogP contribution in [0.3, 0.4) is 0 Å². The number of amides is 1. The van der Waals surface area contributed by atoms with Crippen molar-refractivity contribution in [2.45, 2.75) is 58.8 Å². The third-order valence-electron chi connectivity index (χ3n) is 6.61. The molecular weight excluding hydrogens is 394 g/mol. The van der Waals surface area contributed by atoms with Gasteiger partial charge in [0, 0.05) is 24.5 Å². The largest absolute Gasteiger partial charge is 0.497 e. The summed E-state index contributed by atoms with van der Waals surface area (Å²) in [5.41, 5.74) is 1.27. The van der Waals surface area contributed by atoms with E-state index in [1.165, 1.54) is 5.56 Å². The van der Waals surface area contributed by atoms with Crippen molar-refractivity contribution >= 4 is 5.91 Å². The lowest BCUT2D eigenvalue weighted by Crippen LogP contribution is -2.44. The number of likely N-dealkylation sites (tertiary alicyclic amines) is 1. The minimum absolute atomic E-state index is 0.00388. The van der Waals surface area contributed by atoms with Crippen molar-refractivity contribution in [2.75, 3.05) is 26.8 Å². The molecule has 1 spiro atoms.